The minimum Gasteiger partial charge on any atom is -0.467 e. The Kier molecular flexibility index (Phi) is 2.54. The monoisotopic (exact) mass is 181 g/mol. The van der Waals surface area contributed by atoms with Crippen molar-refractivity contribution < 1.29 is 9.15 Å². The Morgan fingerprint density at radius 3 is 2.77 bits per heavy atom. The van der Waals surface area contributed by atoms with Crippen LogP contribution in [0.1, 0.15) is 12.7 Å². The first-order valence-corrected chi connectivity index (χ1v) is 4.80. The third-order valence-corrected chi connectivity index (χ3v) is 2.36. The van der Waals surface area contributed by atoms with Crippen LogP contribution in [0.2, 0.25) is 0 Å². The highest BCUT2D eigenvalue weighted by Crippen LogP contribution is 2.19. The van der Waals surface area contributed by atoms with Gasteiger partial charge in [0.1, 0.15) is 12.0 Å². The van der Waals surface area contributed by atoms with Crippen LogP contribution in [0.5, 0.6) is 0 Å². The molecule has 3 heteroatoms. The van der Waals surface area contributed by atoms with Gasteiger partial charge in [-0.05, 0) is 0 Å². The van der Waals surface area contributed by atoms with Crippen molar-refractivity contribution in [2.24, 2.45) is 0 Å². The van der Waals surface area contributed by atoms with E-state index in [9.17, 15) is 0 Å². The van der Waals surface area contributed by atoms with Crippen LogP contribution in [0.3, 0.4) is 0 Å². The van der Waals surface area contributed by atoms with Gasteiger partial charge in [-0.25, -0.2) is 0 Å². The van der Waals surface area contributed by atoms with E-state index in [-0.39, 0.29) is 0 Å². The fraction of sp³-hybridized carbons (Fsp3) is 0.600. The summed E-state index contributed by atoms with van der Waals surface area (Å²) in [6.45, 7) is 5.70. The van der Waals surface area contributed by atoms with Crippen molar-refractivity contribution in [1.82, 2.24) is 0 Å². The first-order chi connectivity index (χ1) is 6.40. The average Bonchev–Trinajstić information content (AvgIpc) is 2.67. The molecule has 0 aromatic carbocycles. The second-order valence-corrected chi connectivity index (χ2v) is 3.22. The van der Waals surface area contributed by atoms with E-state index in [4.69, 9.17) is 9.15 Å². The number of furan rings is 1. The quantitative estimate of drug-likeness (QED) is 0.694. The first-order valence-electron chi connectivity index (χ1n) is 4.80. The normalized spacial score (nSPS) is 17.8. The Morgan fingerprint density at radius 2 is 2.15 bits per heavy atom. The molecule has 72 valence electrons. The third kappa shape index (κ3) is 1.86. The topological polar surface area (TPSA) is 25.6 Å². The summed E-state index contributed by atoms with van der Waals surface area (Å²) in [5.41, 5.74) is 1.19. The zero-order valence-corrected chi connectivity index (χ0v) is 7.95. The molecule has 2 rings (SSSR count). The van der Waals surface area contributed by atoms with E-state index < -0.39 is 0 Å². The number of rotatable bonds is 2. The second kappa shape index (κ2) is 3.83. The molecule has 0 saturated carbocycles. The molecule has 0 aliphatic carbocycles. The molecule has 0 amide bonds. The molecule has 1 aliphatic rings. The largest absolute Gasteiger partial charge is 0.467 e. The molecule has 0 unspecified atom stereocenters. The van der Waals surface area contributed by atoms with Gasteiger partial charge in [-0.15, -0.1) is 0 Å². The molecule has 0 bridgehead atoms. The van der Waals surface area contributed by atoms with Gasteiger partial charge in [0.05, 0.1) is 18.9 Å². The maximum absolute atomic E-state index is 5.38. The Labute approximate surface area is 78.3 Å². The van der Waals surface area contributed by atoms with E-state index in [0.29, 0.717) is 0 Å². The molecule has 1 aliphatic heterocycles. The minimum absolute atomic E-state index is 0.826. The highest BCUT2D eigenvalue weighted by atomic mass is 16.5. The van der Waals surface area contributed by atoms with Crippen LogP contribution in [0.4, 0.5) is 5.69 Å². The van der Waals surface area contributed by atoms with Crippen molar-refractivity contribution >= 4 is 5.69 Å². The molecule has 1 fully saturated rings. The molecular formula is C10H15NO2. The summed E-state index contributed by atoms with van der Waals surface area (Å²) in [5, 5.41) is 0. The lowest BCUT2D eigenvalue weighted by atomic mass is 10.3. The number of hydrogen-bond acceptors (Lipinski definition) is 3. The molecule has 1 aromatic heterocycles. The molecule has 0 radical (unpaired) electrons. The van der Waals surface area contributed by atoms with Crippen molar-refractivity contribution in [1.29, 1.82) is 0 Å². The Bertz CT molecular complexity index is 264. The van der Waals surface area contributed by atoms with Gasteiger partial charge in [-0.2, -0.15) is 0 Å². The van der Waals surface area contributed by atoms with Crippen molar-refractivity contribution in [3.8, 4) is 0 Å². The van der Waals surface area contributed by atoms with E-state index in [1.165, 1.54) is 5.69 Å². The summed E-state index contributed by atoms with van der Waals surface area (Å²) in [4.78, 5) is 2.30. The smallest absolute Gasteiger partial charge is 0.114 e. The van der Waals surface area contributed by atoms with Crippen molar-refractivity contribution in [2.75, 3.05) is 31.2 Å². The lowest BCUT2D eigenvalue weighted by molar-refractivity contribution is 0.122. The van der Waals surface area contributed by atoms with E-state index >= 15 is 0 Å². The van der Waals surface area contributed by atoms with Crippen LogP contribution in [-0.2, 0) is 11.2 Å². The maximum atomic E-state index is 5.38. The SMILES string of the molecule is CCc1cc(N2CCOCC2)co1. The maximum Gasteiger partial charge on any atom is 0.114 e. The van der Waals surface area contributed by atoms with Gasteiger partial charge in [0.2, 0.25) is 0 Å². The van der Waals surface area contributed by atoms with Crippen LogP contribution in [0.15, 0.2) is 16.7 Å². The molecular weight excluding hydrogens is 166 g/mol. The number of ether oxygens (including phenoxy) is 1. The van der Waals surface area contributed by atoms with Crippen molar-refractivity contribution in [3.63, 3.8) is 0 Å². The van der Waals surface area contributed by atoms with Crippen molar-refractivity contribution in [2.45, 2.75) is 13.3 Å². The number of morpholine rings is 1. The van der Waals surface area contributed by atoms with Crippen LogP contribution < -0.4 is 4.90 Å². The van der Waals surface area contributed by atoms with Gasteiger partial charge in [-0.1, -0.05) is 6.92 Å². The number of hydrogen-bond donors (Lipinski definition) is 0. The Balaban J connectivity index is 2.05. The van der Waals surface area contributed by atoms with Gasteiger partial charge >= 0.3 is 0 Å². The van der Waals surface area contributed by atoms with E-state index in [1.807, 2.05) is 6.26 Å². The van der Waals surface area contributed by atoms with Gasteiger partial charge < -0.3 is 14.1 Å². The van der Waals surface area contributed by atoms with Gasteiger partial charge in [0, 0.05) is 25.6 Å². The van der Waals surface area contributed by atoms with Gasteiger partial charge in [0.15, 0.2) is 0 Å². The summed E-state index contributed by atoms with van der Waals surface area (Å²) in [7, 11) is 0. The number of aryl methyl sites for hydroxylation is 1. The highest BCUT2D eigenvalue weighted by Gasteiger charge is 2.12. The summed E-state index contributed by atoms with van der Waals surface area (Å²) in [6.07, 6.45) is 2.80. The van der Waals surface area contributed by atoms with Gasteiger partial charge in [0.25, 0.3) is 0 Å². The molecule has 3 nitrogen and oxygen atoms in total. The molecule has 13 heavy (non-hydrogen) atoms. The molecule has 1 saturated heterocycles. The van der Waals surface area contributed by atoms with Gasteiger partial charge in [-0.3, -0.25) is 0 Å². The molecule has 2 heterocycles. The lowest BCUT2D eigenvalue weighted by Gasteiger charge is -2.27. The van der Waals surface area contributed by atoms with E-state index in [2.05, 4.69) is 17.9 Å². The minimum atomic E-state index is 0.826. The second-order valence-electron chi connectivity index (χ2n) is 3.22. The predicted octanol–water partition coefficient (Wildman–Crippen LogP) is 1.68. The third-order valence-electron chi connectivity index (χ3n) is 2.36. The van der Waals surface area contributed by atoms with E-state index in [0.717, 1.165) is 38.5 Å². The predicted molar refractivity (Wildman–Crippen MR) is 51.1 cm³/mol. The summed E-state index contributed by atoms with van der Waals surface area (Å²) < 4.78 is 10.7. The number of anilines is 1. The zero-order chi connectivity index (χ0) is 9.10. The molecule has 0 atom stereocenters. The zero-order valence-electron chi connectivity index (χ0n) is 7.95. The van der Waals surface area contributed by atoms with E-state index in [1.54, 1.807) is 0 Å². The lowest BCUT2D eigenvalue weighted by Crippen LogP contribution is -2.35. The molecule has 0 N–H and O–H groups in total. The summed E-state index contributed by atoms with van der Waals surface area (Å²) >= 11 is 0. The first kappa shape index (κ1) is 8.63. The highest BCUT2D eigenvalue weighted by molar-refractivity contribution is 5.45. The number of nitrogens with zero attached hydrogens (tertiary/aromatic N) is 1. The fourth-order valence-corrected chi connectivity index (χ4v) is 1.54. The summed E-state index contributed by atoms with van der Waals surface area (Å²) in [6, 6.07) is 2.12. The summed E-state index contributed by atoms with van der Waals surface area (Å²) in [5.74, 6) is 1.06. The van der Waals surface area contributed by atoms with Crippen LogP contribution in [-0.4, -0.2) is 26.3 Å². The fourth-order valence-electron chi connectivity index (χ4n) is 1.54. The average molecular weight is 181 g/mol. The van der Waals surface area contributed by atoms with Crippen LogP contribution in [0, 0.1) is 0 Å². The molecule has 0 spiro atoms. The van der Waals surface area contributed by atoms with Crippen LogP contribution >= 0.6 is 0 Å². The Hall–Kier alpha value is -0.960. The van der Waals surface area contributed by atoms with Crippen LogP contribution in [0.25, 0.3) is 0 Å². The molecule has 1 aromatic rings. The van der Waals surface area contributed by atoms with Crippen molar-refractivity contribution in [3.05, 3.63) is 18.1 Å². The Morgan fingerprint density at radius 1 is 1.38 bits per heavy atom. The standard InChI is InChI=1S/C10H15NO2/c1-2-10-7-9(8-13-10)11-3-5-12-6-4-11/h7-8H,2-6H2,1H3.